The van der Waals surface area contributed by atoms with Crippen LogP contribution in [0.1, 0.15) is 32.3 Å². The highest BCUT2D eigenvalue weighted by atomic mass is 32.2. The van der Waals surface area contributed by atoms with Crippen LogP contribution in [0, 0.1) is 6.92 Å². The van der Waals surface area contributed by atoms with Crippen molar-refractivity contribution < 1.29 is 17.9 Å². The molecule has 9 heteroatoms. The van der Waals surface area contributed by atoms with E-state index in [0.717, 1.165) is 18.4 Å². The molecule has 0 aliphatic carbocycles. The van der Waals surface area contributed by atoms with Crippen molar-refractivity contribution in [3.05, 3.63) is 48.0 Å². The lowest BCUT2D eigenvalue weighted by molar-refractivity contribution is -0.118. The third-order valence-electron chi connectivity index (χ3n) is 4.55. The number of aromatic nitrogens is 1. The van der Waals surface area contributed by atoms with Crippen molar-refractivity contribution in [3.63, 3.8) is 0 Å². The number of ether oxygens (including phenoxy) is 1. The molecular weight excluding hydrogens is 434 g/mol. The fourth-order valence-corrected chi connectivity index (χ4v) is 5.77. The molecule has 2 aromatic carbocycles. The molecule has 0 fully saturated rings. The summed E-state index contributed by atoms with van der Waals surface area (Å²) in [6.45, 7) is 6.71. The zero-order valence-corrected chi connectivity index (χ0v) is 19.6. The normalized spacial score (nSPS) is 11.7. The Morgan fingerprint density at radius 3 is 2.55 bits per heavy atom. The van der Waals surface area contributed by atoms with Gasteiger partial charge in [-0.05, 0) is 55.7 Å². The summed E-state index contributed by atoms with van der Waals surface area (Å²) >= 11 is 1.24. The van der Waals surface area contributed by atoms with Crippen LogP contribution < -0.4 is 10.1 Å². The standard InChI is InChI=1S/C22H27N3O4S2/c1-4-11-25(12-5-2)31(27,28)18-9-10-19-20(14-18)30-22(23-19)24-21(26)15-29-17-8-6-7-16(3)13-17/h6-10,13-14H,4-5,11-12,15H2,1-3H3,(H,23,24,26). The molecule has 0 atom stereocenters. The van der Waals surface area contributed by atoms with E-state index in [2.05, 4.69) is 10.3 Å². The van der Waals surface area contributed by atoms with Gasteiger partial charge in [0.1, 0.15) is 5.75 Å². The number of fused-ring (bicyclic) bond motifs is 1. The molecule has 1 amide bonds. The summed E-state index contributed by atoms with van der Waals surface area (Å²) in [5.74, 6) is 0.295. The molecule has 0 saturated carbocycles. The molecule has 1 heterocycles. The number of nitrogens with zero attached hydrogens (tertiary/aromatic N) is 2. The maximum Gasteiger partial charge on any atom is 0.264 e. The van der Waals surface area contributed by atoms with Crippen molar-refractivity contribution >= 4 is 42.6 Å². The molecule has 7 nitrogen and oxygen atoms in total. The molecule has 166 valence electrons. The number of benzene rings is 2. The number of hydrogen-bond acceptors (Lipinski definition) is 6. The summed E-state index contributed by atoms with van der Waals surface area (Å²) < 4.78 is 33.7. The Hall–Kier alpha value is -2.49. The number of carbonyl (C=O) groups is 1. The van der Waals surface area contributed by atoms with Gasteiger partial charge in [-0.25, -0.2) is 13.4 Å². The van der Waals surface area contributed by atoms with Crippen LogP contribution in [0.2, 0.25) is 0 Å². The Morgan fingerprint density at radius 1 is 1.13 bits per heavy atom. The van der Waals surface area contributed by atoms with Gasteiger partial charge in [-0.15, -0.1) is 0 Å². The molecule has 31 heavy (non-hydrogen) atoms. The molecule has 0 saturated heterocycles. The van der Waals surface area contributed by atoms with Crippen molar-refractivity contribution in [1.82, 2.24) is 9.29 Å². The Morgan fingerprint density at radius 2 is 1.87 bits per heavy atom. The lowest BCUT2D eigenvalue weighted by Gasteiger charge is -2.20. The predicted molar refractivity (Wildman–Crippen MR) is 124 cm³/mol. The number of aryl methyl sites for hydroxylation is 1. The van der Waals surface area contributed by atoms with Crippen molar-refractivity contribution in [2.45, 2.75) is 38.5 Å². The second kappa shape index (κ2) is 10.2. The lowest BCUT2D eigenvalue weighted by Crippen LogP contribution is -2.32. The molecule has 0 spiro atoms. The van der Waals surface area contributed by atoms with Crippen LogP contribution in [0.3, 0.4) is 0 Å². The molecule has 0 bridgehead atoms. The number of anilines is 1. The van der Waals surface area contributed by atoms with Crippen molar-refractivity contribution in [2.24, 2.45) is 0 Å². The van der Waals surface area contributed by atoms with Gasteiger partial charge in [-0.1, -0.05) is 37.3 Å². The van der Waals surface area contributed by atoms with Gasteiger partial charge in [-0.3, -0.25) is 10.1 Å². The van der Waals surface area contributed by atoms with E-state index < -0.39 is 10.0 Å². The third-order valence-corrected chi connectivity index (χ3v) is 7.38. The van der Waals surface area contributed by atoms with Gasteiger partial charge in [0.25, 0.3) is 5.91 Å². The topological polar surface area (TPSA) is 88.6 Å². The predicted octanol–water partition coefficient (Wildman–Crippen LogP) is 4.43. The first-order valence-electron chi connectivity index (χ1n) is 10.2. The number of amides is 1. The number of sulfonamides is 1. The van der Waals surface area contributed by atoms with Crippen molar-refractivity contribution in [3.8, 4) is 5.75 Å². The van der Waals surface area contributed by atoms with Crippen LogP contribution in [0.25, 0.3) is 10.2 Å². The second-order valence-electron chi connectivity index (χ2n) is 7.21. The van der Waals surface area contributed by atoms with E-state index in [9.17, 15) is 13.2 Å². The van der Waals surface area contributed by atoms with Crippen molar-refractivity contribution in [1.29, 1.82) is 0 Å². The Kier molecular flexibility index (Phi) is 7.64. The van der Waals surface area contributed by atoms with Crippen LogP contribution in [-0.4, -0.2) is 43.3 Å². The number of nitrogens with one attached hydrogen (secondary N) is 1. The van der Waals surface area contributed by atoms with Crippen LogP contribution in [-0.2, 0) is 14.8 Å². The summed E-state index contributed by atoms with van der Waals surface area (Å²) in [7, 11) is -3.57. The second-order valence-corrected chi connectivity index (χ2v) is 10.2. The van der Waals surface area contributed by atoms with Crippen LogP contribution in [0.4, 0.5) is 5.13 Å². The van der Waals surface area contributed by atoms with Crippen LogP contribution >= 0.6 is 11.3 Å². The number of thiazole rings is 1. The zero-order valence-electron chi connectivity index (χ0n) is 17.9. The molecule has 0 unspecified atom stereocenters. The minimum atomic E-state index is -3.57. The molecule has 0 radical (unpaired) electrons. The van der Waals surface area contributed by atoms with E-state index in [1.54, 1.807) is 24.3 Å². The quantitative estimate of drug-likeness (QED) is 0.482. The largest absolute Gasteiger partial charge is 0.484 e. The highest BCUT2D eigenvalue weighted by molar-refractivity contribution is 7.89. The first-order chi connectivity index (χ1) is 14.8. The first-order valence-corrected chi connectivity index (χ1v) is 12.5. The fraction of sp³-hybridized carbons (Fsp3) is 0.364. The Labute approximate surface area is 187 Å². The smallest absolute Gasteiger partial charge is 0.264 e. The van der Waals surface area contributed by atoms with Gasteiger partial charge in [0, 0.05) is 13.1 Å². The number of hydrogen-bond donors (Lipinski definition) is 1. The first kappa shape index (κ1) is 23.2. The van der Waals surface area contributed by atoms with E-state index in [1.165, 1.54) is 15.6 Å². The van der Waals surface area contributed by atoms with Gasteiger partial charge >= 0.3 is 0 Å². The SMILES string of the molecule is CCCN(CCC)S(=O)(=O)c1ccc2nc(NC(=O)COc3cccc(C)c3)sc2c1. The van der Waals surface area contributed by atoms with E-state index in [-0.39, 0.29) is 17.4 Å². The van der Waals surface area contributed by atoms with Gasteiger partial charge in [0.05, 0.1) is 15.1 Å². The van der Waals surface area contributed by atoms with Crippen LogP contribution in [0.5, 0.6) is 5.75 Å². The average molecular weight is 462 g/mol. The average Bonchev–Trinajstić information content (AvgIpc) is 3.13. The lowest BCUT2D eigenvalue weighted by atomic mass is 10.2. The van der Waals surface area contributed by atoms with E-state index in [4.69, 9.17) is 4.74 Å². The molecular formula is C22H27N3O4S2. The Bertz CT molecular complexity index is 1150. The Balaban J connectivity index is 1.72. The highest BCUT2D eigenvalue weighted by Crippen LogP contribution is 2.29. The summed E-state index contributed by atoms with van der Waals surface area (Å²) in [4.78, 5) is 16.9. The third kappa shape index (κ3) is 5.81. The van der Waals surface area contributed by atoms with Gasteiger partial charge in [0.15, 0.2) is 11.7 Å². The van der Waals surface area contributed by atoms with E-state index in [1.807, 2.05) is 39.0 Å². The van der Waals surface area contributed by atoms with Gasteiger partial charge < -0.3 is 4.74 Å². The summed E-state index contributed by atoms with van der Waals surface area (Å²) in [5, 5.41) is 3.13. The molecule has 1 aromatic heterocycles. The molecule has 3 aromatic rings. The van der Waals surface area contributed by atoms with Crippen LogP contribution in [0.15, 0.2) is 47.4 Å². The maximum absolute atomic E-state index is 13.0. The molecule has 3 rings (SSSR count). The van der Waals surface area contributed by atoms with E-state index >= 15 is 0 Å². The molecule has 0 aliphatic heterocycles. The summed E-state index contributed by atoms with van der Waals surface area (Å²) in [6.07, 6.45) is 1.51. The number of rotatable bonds is 10. The highest BCUT2D eigenvalue weighted by Gasteiger charge is 2.23. The maximum atomic E-state index is 13.0. The van der Waals surface area contributed by atoms with E-state index in [0.29, 0.717) is 34.2 Å². The minimum absolute atomic E-state index is 0.137. The van der Waals surface area contributed by atoms with Crippen molar-refractivity contribution in [2.75, 3.05) is 25.0 Å². The molecule has 0 aliphatic rings. The molecule has 1 N–H and O–H groups in total. The minimum Gasteiger partial charge on any atom is -0.484 e. The number of carbonyl (C=O) groups excluding carboxylic acids is 1. The monoisotopic (exact) mass is 461 g/mol. The summed E-state index contributed by atoms with van der Waals surface area (Å²) in [6, 6.07) is 12.3. The van der Waals surface area contributed by atoms with Gasteiger partial charge in [-0.2, -0.15) is 4.31 Å². The van der Waals surface area contributed by atoms with Gasteiger partial charge in [0.2, 0.25) is 10.0 Å². The zero-order chi connectivity index (χ0) is 22.4. The fourth-order valence-electron chi connectivity index (χ4n) is 3.13. The summed E-state index contributed by atoms with van der Waals surface area (Å²) in [5.41, 5.74) is 1.68.